The summed E-state index contributed by atoms with van der Waals surface area (Å²) in [5, 5.41) is 0. The van der Waals surface area contributed by atoms with Gasteiger partial charge in [0.1, 0.15) is 4.90 Å². The van der Waals surface area contributed by atoms with Crippen molar-refractivity contribution in [3.63, 3.8) is 0 Å². The van der Waals surface area contributed by atoms with Gasteiger partial charge < -0.3 is 5.73 Å². The summed E-state index contributed by atoms with van der Waals surface area (Å²) in [5.41, 5.74) is 5.85. The van der Waals surface area contributed by atoms with Gasteiger partial charge in [0, 0.05) is 19.6 Å². The maximum absolute atomic E-state index is 13.6. The van der Waals surface area contributed by atoms with Crippen LogP contribution in [0.2, 0.25) is 0 Å². The largest absolute Gasteiger partial charge is 0.327 e. The SMILES string of the molecule is CC(C)C(N)CCN(C)S(=O)(=O)c1cccc(F)c1F. The molecule has 7 heteroatoms. The van der Waals surface area contributed by atoms with E-state index in [0.717, 1.165) is 16.4 Å². The third-order valence-corrected chi connectivity index (χ3v) is 5.11. The molecule has 114 valence electrons. The van der Waals surface area contributed by atoms with Gasteiger partial charge in [0.2, 0.25) is 10.0 Å². The Morgan fingerprint density at radius 3 is 2.45 bits per heavy atom. The Bertz CT molecular complexity index is 561. The van der Waals surface area contributed by atoms with Crippen molar-refractivity contribution < 1.29 is 17.2 Å². The molecule has 0 spiro atoms. The summed E-state index contributed by atoms with van der Waals surface area (Å²) in [6.07, 6.45) is 0.449. The predicted molar refractivity (Wildman–Crippen MR) is 73.6 cm³/mol. The second kappa shape index (κ2) is 6.60. The van der Waals surface area contributed by atoms with Gasteiger partial charge >= 0.3 is 0 Å². The summed E-state index contributed by atoms with van der Waals surface area (Å²) >= 11 is 0. The predicted octanol–water partition coefficient (Wildman–Crippen LogP) is 1.96. The number of halogens is 2. The van der Waals surface area contributed by atoms with Crippen LogP contribution < -0.4 is 5.73 Å². The van der Waals surface area contributed by atoms with Crippen LogP contribution in [-0.2, 0) is 10.0 Å². The fraction of sp³-hybridized carbons (Fsp3) is 0.538. The van der Waals surface area contributed by atoms with Gasteiger partial charge in [-0.2, -0.15) is 0 Å². The van der Waals surface area contributed by atoms with Gasteiger partial charge in [-0.3, -0.25) is 0 Å². The van der Waals surface area contributed by atoms with E-state index in [1.807, 2.05) is 13.8 Å². The third-order valence-electron chi connectivity index (χ3n) is 3.24. The second-order valence-corrected chi connectivity index (χ2v) is 7.09. The van der Waals surface area contributed by atoms with Crippen molar-refractivity contribution in [2.24, 2.45) is 11.7 Å². The number of nitrogens with two attached hydrogens (primary N) is 1. The van der Waals surface area contributed by atoms with Crippen molar-refractivity contribution in [1.29, 1.82) is 0 Å². The molecule has 4 nitrogen and oxygen atoms in total. The summed E-state index contributed by atoms with van der Waals surface area (Å²) in [6, 6.07) is 2.94. The lowest BCUT2D eigenvalue weighted by molar-refractivity contribution is 0.394. The molecule has 0 amide bonds. The van der Waals surface area contributed by atoms with Crippen LogP contribution in [0.1, 0.15) is 20.3 Å². The van der Waals surface area contributed by atoms with Crippen molar-refractivity contribution in [3.8, 4) is 0 Å². The van der Waals surface area contributed by atoms with E-state index in [9.17, 15) is 17.2 Å². The van der Waals surface area contributed by atoms with Crippen molar-refractivity contribution in [2.45, 2.75) is 31.2 Å². The first-order valence-corrected chi connectivity index (χ1v) is 7.78. The van der Waals surface area contributed by atoms with Crippen LogP contribution in [0.15, 0.2) is 23.1 Å². The number of benzene rings is 1. The quantitative estimate of drug-likeness (QED) is 0.874. The number of hydrogen-bond donors (Lipinski definition) is 1. The Morgan fingerprint density at radius 1 is 1.30 bits per heavy atom. The average molecular weight is 306 g/mol. The van der Waals surface area contributed by atoms with Crippen LogP contribution in [0.25, 0.3) is 0 Å². The first-order chi connectivity index (χ1) is 9.17. The molecule has 0 saturated carbocycles. The van der Waals surface area contributed by atoms with Crippen molar-refractivity contribution >= 4 is 10.0 Å². The number of rotatable bonds is 6. The van der Waals surface area contributed by atoms with E-state index in [0.29, 0.717) is 6.42 Å². The van der Waals surface area contributed by atoms with Crippen molar-refractivity contribution in [3.05, 3.63) is 29.8 Å². The minimum Gasteiger partial charge on any atom is -0.327 e. The van der Waals surface area contributed by atoms with Crippen LogP contribution in [0.5, 0.6) is 0 Å². The van der Waals surface area contributed by atoms with Crippen LogP contribution in [0, 0.1) is 17.6 Å². The Labute approximate surface area is 118 Å². The molecule has 0 aliphatic carbocycles. The first kappa shape index (κ1) is 17.0. The van der Waals surface area contributed by atoms with E-state index in [2.05, 4.69) is 0 Å². The molecule has 0 aliphatic heterocycles. The molecule has 0 aromatic heterocycles. The zero-order chi connectivity index (χ0) is 15.5. The van der Waals surface area contributed by atoms with Crippen LogP contribution >= 0.6 is 0 Å². The Hall–Kier alpha value is -1.05. The summed E-state index contributed by atoms with van der Waals surface area (Å²) in [7, 11) is -2.72. The average Bonchev–Trinajstić information content (AvgIpc) is 2.38. The lowest BCUT2D eigenvalue weighted by atomic mass is 10.0. The van der Waals surface area contributed by atoms with Gasteiger partial charge in [0.05, 0.1) is 0 Å². The van der Waals surface area contributed by atoms with Crippen molar-refractivity contribution in [2.75, 3.05) is 13.6 Å². The Morgan fingerprint density at radius 2 is 1.90 bits per heavy atom. The molecule has 0 heterocycles. The molecule has 0 radical (unpaired) electrons. The van der Waals surface area contributed by atoms with Crippen LogP contribution in [-0.4, -0.2) is 32.4 Å². The summed E-state index contributed by atoms with van der Waals surface area (Å²) in [5.74, 6) is -2.32. The molecule has 0 bridgehead atoms. The van der Waals surface area contributed by atoms with E-state index in [-0.39, 0.29) is 18.5 Å². The van der Waals surface area contributed by atoms with Gasteiger partial charge in [-0.05, 0) is 24.5 Å². The maximum atomic E-state index is 13.6. The van der Waals surface area contributed by atoms with E-state index in [1.54, 1.807) is 0 Å². The fourth-order valence-corrected chi connectivity index (χ4v) is 2.89. The molecule has 0 saturated heterocycles. The summed E-state index contributed by atoms with van der Waals surface area (Å²) in [4.78, 5) is -0.655. The molecule has 0 fully saturated rings. The molecular weight excluding hydrogens is 286 g/mol. The minimum absolute atomic E-state index is 0.148. The normalized spacial score (nSPS) is 14.0. The Balaban J connectivity index is 2.91. The van der Waals surface area contributed by atoms with E-state index in [4.69, 9.17) is 5.73 Å². The molecule has 20 heavy (non-hydrogen) atoms. The zero-order valence-electron chi connectivity index (χ0n) is 11.8. The topological polar surface area (TPSA) is 63.4 Å². The molecule has 1 unspecified atom stereocenters. The molecule has 1 atom stereocenters. The van der Waals surface area contributed by atoms with E-state index < -0.39 is 26.6 Å². The molecule has 1 rings (SSSR count). The van der Waals surface area contributed by atoms with Crippen LogP contribution in [0.4, 0.5) is 8.78 Å². The zero-order valence-corrected chi connectivity index (χ0v) is 12.6. The van der Waals surface area contributed by atoms with Gasteiger partial charge in [0.15, 0.2) is 11.6 Å². The molecular formula is C13H20F2N2O2S. The number of sulfonamides is 1. The second-order valence-electron chi connectivity index (χ2n) is 5.08. The monoisotopic (exact) mass is 306 g/mol. The van der Waals surface area contributed by atoms with Gasteiger partial charge in [-0.25, -0.2) is 21.5 Å². The molecule has 1 aromatic rings. The van der Waals surface area contributed by atoms with E-state index >= 15 is 0 Å². The summed E-state index contributed by atoms with van der Waals surface area (Å²) < 4.78 is 52.0. The lowest BCUT2D eigenvalue weighted by Crippen LogP contribution is -2.35. The third kappa shape index (κ3) is 3.74. The highest BCUT2D eigenvalue weighted by Gasteiger charge is 2.26. The summed E-state index contributed by atoms with van der Waals surface area (Å²) in [6.45, 7) is 4.02. The van der Waals surface area contributed by atoms with Crippen LogP contribution in [0.3, 0.4) is 0 Å². The van der Waals surface area contributed by atoms with Gasteiger partial charge in [-0.1, -0.05) is 19.9 Å². The van der Waals surface area contributed by atoms with Gasteiger partial charge in [0.25, 0.3) is 0 Å². The minimum atomic E-state index is -4.05. The molecule has 2 N–H and O–H groups in total. The maximum Gasteiger partial charge on any atom is 0.245 e. The highest BCUT2D eigenvalue weighted by molar-refractivity contribution is 7.89. The van der Waals surface area contributed by atoms with Crippen molar-refractivity contribution in [1.82, 2.24) is 4.31 Å². The molecule has 1 aromatic carbocycles. The lowest BCUT2D eigenvalue weighted by Gasteiger charge is -2.21. The highest BCUT2D eigenvalue weighted by Crippen LogP contribution is 2.20. The Kier molecular flexibility index (Phi) is 5.61. The standard InChI is InChI=1S/C13H20F2N2O2S/c1-9(2)11(16)7-8-17(3)20(18,19)12-6-4-5-10(14)13(12)15/h4-6,9,11H,7-8,16H2,1-3H3. The smallest absolute Gasteiger partial charge is 0.245 e. The van der Waals surface area contributed by atoms with E-state index in [1.165, 1.54) is 13.1 Å². The molecule has 0 aliphatic rings. The highest BCUT2D eigenvalue weighted by atomic mass is 32.2. The first-order valence-electron chi connectivity index (χ1n) is 6.34. The number of nitrogens with zero attached hydrogens (tertiary/aromatic N) is 1. The fourth-order valence-electron chi connectivity index (χ4n) is 1.64. The number of hydrogen-bond acceptors (Lipinski definition) is 3. The van der Waals surface area contributed by atoms with Gasteiger partial charge in [-0.15, -0.1) is 0 Å².